The van der Waals surface area contributed by atoms with Crippen molar-refractivity contribution in [2.24, 2.45) is 17.4 Å². The number of imide groups is 1. The van der Waals surface area contributed by atoms with Crippen LogP contribution >= 0.6 is 0 Å². The first-order chi connectivity index (χ1) is 20.6. The maximum atomic E-state index is 13.7. The number of ether oxygens (including phenoxy) is 1. The summed E-state index contributed by atoms with van der Waals surface area (Å²) >= 11 is 0. The van der Waals surface area contributed by atoms with E-state index in [4.69, 9.17) is 21.6 Å². The van der Waals surface area contributed by atoms with E-state index in [0.29, 0.717) is 19.4 Å². The topological polar surface area (TPSA) is 193 Å². The van der Waals surface area contributed by atoms with Crippen LogP contribution in [0.2, 0.25) is 0 Å². The van der Waals surface area contributed by atoms with Gasteiger partial charge in [0.05, 0.1) is 6.04 Å². The summed E-state index contributed by atoms with van der Waals surface area (Å²) in [6.45, 7) is 3.88. The van der Waals surface area contributed by atoms with Crippen molar-refractivity contribution >= 4 is 35.9 Å². The van der Waals surface area contributed by atoms with Crippen LogP contribution in [0.3, 0.4) is 0 Å². The highest BCUT2D eigenvalue weighted by atomic mass is 16.6. The maximum absolute atomic E-state index is 13.7. The van der Waals surface area contributed by atoms with Gasteiger partial charge in [0.1, 0.15) is 12.6 Å². The number of nitrogens with two attached hydrogens (primary N) is 2. The summed E-state index contributed by atoms with van der Waals surface area (Å²) in [4.78, 5) is 53.0. The average Bonchev–Trinajstić information content (AvgIpc) is 2.99. The molecule has 0 fully saturated rings. The number of nitrogens with one attached hydrogen (secondary N) is 4. The third-order valence-corrected chi connectivity index (χ3v) is 6.22. The lowest BCUT2D eigenvalue weighted by atomic mass is 10.0. The Balaban J connectivity index is 2.11. The molecule has 232 valence electrons. The normalized spacial score (nSPS) is 12.3. The Morgan fingerprint density at radius 1 is 0.977 bits per heavy atom. The highest BCUT2D eigenvalue weighted by Crippen LogP contribution is 2.12. The fourth-order valence-electron chi connectivity index (χ4n) is 4.01. The number of hydrogen-bond acceptors (Lipinski definition) is 7. The molecule has 12 heteroatoms. The van der Waals surface area contributed by atoms with Crippen molar-refractivity contribution in [3.05, 3.63) is 77.9 Å². The molecule has 0 unspecified atom stereocenters. The third-order valence-electron chi connectivity index (χ3n) is 6.22. The molecule has 0 aromatic heterocycles. The second-order valence-corrected chi connectivity index (χ2v) is 10.3. The summed E-state index contributed by atoms with van der Waals surface area (Å²) < 4.78 is 5.43. The van der Waals surface area contributed by atoms with Crippen LogP contribution in [0.15, 0.2) is 66.7 Å². The smallest absolute Gasteiger partial charge is 0.416 e. The van der Waals surface area contributed by atoms with E-state index in [0.717, 1.165) is 16.0 Å². The number of benzene rings is 2. The number of rotatable bonds is 16. The number of guanidine groups is 1. The van der Waals surface area contributed by atoms with Gasteiger partial charge < -0.3 is 32.2 Å². The summed E-state index contributed by atoms with van der Waals surface area (Å²) in [5.41, 5.74) is 12.9. The van der Waals surface area contributed by atoms with E-state index in [9.17, 15) is 19.2 Å². The molecular formula is C31H43N7O5. The Kier molecular flexibility index (Phi) is 15.0. The summed E-state index contributed by atoms with van der Waals surface area (Å²) in [5, 5.41) is 15.2. The molecule has 2 rings (SSSR count). The van der Waals surface area contributed by atoms with Gasteiger partial charge in [0, 0.05) is 25.7 Å². The van der Waals surface area contributed by atoms with Gasteiger partial charge >= 0.3 is 6.09 Å². The highest BCUT2D eigenvalue weighted by molar-refractivity contribution is 5.97. The molecule has 0 aliphatic carbocycles. The first-order valence-electron chi connectivity index (χ1n) is 14.2. The number of carbonyl (C=O) groups excluding carboxylic acids is 4. The standard InChI is InChI=1S/C31H43N7O5/c1-22(2)20-26(37-28(40)25(32)14-9-17-36-30(33)34)29(41)38(31(42)43-21-24-12-7-4-8-13-24)19-18-35-27(39)16-15-23-10-5-3-6-11-23/h3-8,10-13,15-16,22,25-26H,9,14,17-21,32H2,1-2H3,(H,35,39)(H,37,40)(H4,33,34,36)/b16-15+/t25-,26-/m0/s1. The zero-order valence-corrected chi connectivity index (χ0v) is 24.8. The van der Waals surface area contributed by atoms with E-state index in [2.05, 4.69) is 16.0 Å². The van der Waals surface area contributed by atoms with Crippen LogP contribution in [-0.4, -0.2) is 66.4 Å². The minimum Gasteiger partial charge on any atom is -0.444 e. The van der Waals surface area contributed by atoms with Crippen LogP contribution in [0.25, 0.3) is 6.08 Å². The molecule has 43 heavy (non-hydrogen) atoms. The van der Waals surface area contributed by atoms with Crippen LogP contribution in [-0.2, 0) is 25.7 Å². The molecule has 4 amide bonds. The van der Waals surface area contributed by atoms with E-state index in [-0.39, 0.29) is 38.0 Å². The van der Waals surface area contributed by atoms with Crippen molar-refractivity contribution < 1.29 is 23.9 Å². The Morgan fingerprint density at radius 3 is 2.26 bits per heavy atom. The zero-order chi connectivity index (χ0) is 31.6. The first kappa shape index (κ1) is 34.5. The molecule has 2 atom stereocenters. The summed E-state index contributed by atoms with van der Waals surface area (Å²) in [6.07, 6.45) is 3.14. The maximum Gasteiger partial charge on any atom is 0.416 e. The Hall–Kier alpha value is -4.71. The minimum absolute atomic E-state index is 0.00439. The number of carbonyl (C=O) groups is 4. The van der Waals surface area contributed by atoms with Gasteiger partial charge in [-0.1, -0.05) is 74.5 Å². The van der Waals surface area contributed by atoms with E-state index in [1.807, 2.05) is 50.2 Å². The van der Waals surface area contributed by atoms with E-state index in [1.165, 1.54) is 6.08 Å². The van der Waals surface area contributed by atoms with E-state index < -0.39 is 35.9 Å². The number of nitrogens with zero attached hydrogens (tertiary/aromatic N) is 1. The molecule has 0 spiro atoms. The van der Waals surface area contributed by atoms with Crippen LogP contribution in [0.1, 0.15) is 44.2 Å². The lowest BCUT2D eigenvalue weighted by Gasteiger charge is -2.28. The van der Waals surface area contributed by atoms with Gasteiger partial charge in [-0.05, 0) is 42.4 Å². The SMILES string of the molecule is CC(C)C[C@H](NC(=O)[C@@H](N)CCCNC(=N)N)C(=O)N(CCNC(=O)/C=C/c1ccccc1)C(=O)OCc1ccccc1. The largest absolute Gasteiger partial charge is 0.444 e. The van der Waals surface area contributed by atoms with Crippen molar-refractivity contribution in [3.63, 3.8) is 0 Å². The van der Waals surface area contributed by atoms with Crippen LogP contribution in [0.5, 0.6) is 0 Å². The van der Waals surface area contributed by atoms with Gasteiger partial charge in [0.15, 0.2) is 5.96 Å². The van der Waals surface area contributed by atoms with Crippen molar-refractivity contribution in [1.29, 1.82) is 5.41 Å². The monoisotopic (exact) mass is 593 g/mol. The average molecular weight is 594 g/mol. The first-order valence-corrected chi connectivity index (χ1v) is 14.2. The number of hydrogen-bond donors (Lipinski definition) is 6. The molecule has 0 heterocycles. The van der Waals surface area contributed by atoms with Crippen molar-refractivity contribution in [2.45, 2.75) is 51.8 Å². The molecule has 2 aromatic rings. The molecule has 0 saturated heterocycles. The Bertz CT molecular complexity index is 1220. The van der Waals surface area contributed by atoms with Crippen LogP contribution in [0, 0.1) is 11.3 Å². The molecule has 0 radical (unpaired) electrons. The quantitative estimate of drug-likeness (QED) is 0.0737. The minimum atomic E-state index is -1.05. The lowest BCUT2D eigenvalue weighted by Crippen LogP contribution is -2.55. The summed E-state index contributed by atoms with van der Waals surface area (Å²) in [6, 6.07) is 16.3. The van der Waals surface area contributed by atoms with Crippen molar-refractivity contribution in [2.75, 3.05) is 19.6 Å². The Labute approximate surface area is 252 Å². The molecule has 8 N–H and O–H groups in total. The fraction of sp³-hybridized carbons (Fsp3) is 0.387. The highest BCUT2D eigenvalue weighted by Gasteiger charge is 2.32. The summed E-state index contributed by atoms with van der Waals surface area (Å²) in [5.74, 6) is -1.79. The molecule has 12 nitrogen and oxygen atoms in total. The second kappa shape index (κ2) is 18.7. The van der Waals surface area contributed by atoms with Crippen LogP contribution in [0.4, 0.5) is 4.79 Å². The van der Waals surface area contributed by atoms with Crippen molar-refractivity contribution in [1.82, 2.24) is 20.9 Å². The molecule has 0 aliphatic heterocycles. The third kappa shape index (κ3) is 13.7. The fourth-order valence-corrected chi connectivity index (χ4v) is 4.01. The molecule has 0 aliphatic rings. The van der Waals surface area contributed by atoms with E-state index >= 15 is 0 Å². The molecule has 2 aromatic carbocycles. The molecule has 0 saturated carbocycles. The predicted molar refractivity (Wildman–Crippen MR) is 165 cm³/mol. The van der Waals surface area contributed by atoms with Gasteiger partial charge in [0.25, 0.3) is 5.91 Å². The van der Waals surface area contributed by atoms with Gasteiger partial charge in [-0.25, -0.2) is 9.69 Å². The van der Waals surface area contributed by atoms with E-state index in [1.54, 1.807) is 30.3 Å². The van der Waals surface area contributed by atoms with Gasteiger partial charge in [-0.15, -0.1) is 0 Å². The van der Waals surface area contributed by atoms with Crippen molar-refractivity contribution in [3.8, 4) is 0 Å². The predicted octanol–water partition coefficient (Wildman–Crippen LogP) is 2.10. The van der Waals surface area contributed by atoms with Gasteiger partial charge in [0.2, 0.25) is 11.8 Å². The lowest BCUT2D eigenvalue weighted by molar-refractivity contribution is -0.136. The van der Waals surface area contributed by atoms with Gasteiger partial charge in [-0.3, -0.25) is 19.8 Å². The summed E-state index contributed by atoms with van der Waals surface area (Å²) in [7, 11) is 0. The zero-order valence-electron chi connectivity index (χ0n) is 24.8. The molecule has 0 bridgehead atoms. The van der Waals surface area contributed by atoms with Crippen LogP contribution < -0.4 is 27.4 Å². The number of amides is 4. The Morgan fingerprint density at radius 2 is 1.63 bits per heavy atom. The van der Waals surface area contributed by atoms with Gasteiger partial charge in [-0.2, -0.15) is 0 Å². The molecular weight excluding hydrogens is 550 g/mol. The second-order valence-electron chi connectivity index (χ2n) is 10.3.